The van der Waals surface area contributed by atoms with Crippen molar-refractivity contribution in [3.8, 4) is 16.9 Å². The highest BCUT2D eigenvalue weighted by Crippen LogP contribution is 2.23. The molecule has 3 rings (SSSR count). The second-order valence-corrected chi connectivity index (χ2v) is 12.1. The van der Waals surface area contributed by atoms with Crippen LogP contribution >= 0.6 is 0 Å². The Balaban J connectivity index is 1.43. The number of esters is 4. The van der Waals surface area contributed by atoms with E-state index in [1.165, 1.54) is 82.2 Å². The molecule has 8 heteroatoms. The van der Waals surface area contributed by atoms with Crippen molar-refractivity contribution < 1.29 is 38.1 Å². The standard InChI is InChI=1S/C40H50O8/c1-5-7-9-11-12-13-15-31-16-18-32(19-17-31)33-20-22-34(23-21-33)40(44)48-36-26-24-35(25-27-36)39(43)47-30(4)38(42)46-29(3)37(41)45-28-14-10-8-6-2/h16-27,29-30H,5-15,28H2,1-4H3/t29-,30-/m0/s1. The molecule has 0 amide bonds. The minimum atomic E-state index is -1.25. The minimum Gasteiger partial charge on any atom is -0.463 e. The molecule has 0 heterocycles. The van der Waals surface area contributed by atoms with Gasteiger partial charge in [0.2, 0.25) is 0 Å². The highest BCUT2D eigenvalue weighted by atomic mass is 16.6. The molecule has 0 aliphatic rings. The summed E-state index contributed by atoms with van der Waals surface area (Å²) < 4.78 is 20.9. The Labute approximate surface area is 285 Å². The number of hydrogen-bond donors (Lipinski definition) is 0. The van der Waals surface area contributed by atoms with Crippen molar-refractivity contribution in [2.75, 3.05) is 6.61 Å². The van der Waals surface area contributed by atoms with Gasteiger partial charge in [-0.15, -0.1) is 0 Å². The molecule has 0 aliphatic carbocycles. The molecule has 3 aromatic carbocycles. The molecule has 8 nitrogen and oxygen atoms in total. The van der Waals surface area contributed by atoms with E-state index in [1.54, 1.807) is 12.1 Å². The summed E-state index contributed by atoms with van der Waals surface area (Å²) in [6.07, 6.45) is 10.2. The van der Waals surface area contributed by atoms with Crippen molar-refractivity contribution in [3.05, 3.63) is 89.5 Å². The zero-order valence-electron chi connectivity index (χ0n) is 28.8. The lowest BCUT2D eigenvalue weighted by Crippen LogP contribution is -2.33. The van der Waals surface area contributed by atoms with Crippen molar-refractivity contribution >= 4 is 23.9 Å². The molecular formula is C40H50O8. The third-order valence-corrected chi connectivity index (χ3v) is 8.01. The van der Waals surface area contributed by atoms with Gasteiger partial charge >= 0.3 is 23.9 Å². The number of ether oxygens (including phenoxy) is 4. The van der Waals surface area contributed by atoms with Crippen LogP contribution in [-0.2, 0) is 30.2 Å². The van der Waals surface area contributed by atoms with Gasteiger partial charge in [-0.05, 0) is 86.2 Å². The lowest BCUT2D eigenvalue weighted by Gasteiger charge is -2.16. The minimum absolute atomic E-state index is 0.149. The van der Waals surface area contributed by atoms with Crippen LogP contribution < -0.4 is 4.74 Å². The van der Waals surface area contributed by atoms with E-state index in [4.69, 9.17) is 18.9 Å². The lowest BCUT2D eigenvalue weighted by atomic mass is 10.00. The Morgan fingerprint density at radius 2 is 1.04 bits per heavy atom. The van der Waals surface area contributed by atoms with Crippen LogP contribution in [0, 0.1) is 0 Å². The van der Waals surface area contributed by atoms with Crippen LogP contribution in [0.2, 0.25) is 0 Å². The normalized spacial score (nSPS) is 12.1. The van der Waals surface area contributed by atoms with E-state index in [0.717, 1.165) is 43.2 Å². The molecular weight excluding hydrogens is 608 g/mol. The van der Waals surface area contributed by atoms with Gasteiger partial charge in [0.15, 0.2) is 12.2 Å². The van der Waals surface area contributed by atoms with Crippen LogP contribution in [0.3, 0.4) is 0 Å². The zero-order chi connectivity index (χ0) is 34.7. The van der Waals surface area contributed by atoms with E-state index >= 15 is 0 Å². The number of carbonyl (C=O) groups is 4. The number of aryl methyl sites for hydroxylation is 1. The summed E-state index contributed by atoms with van der Waals surface area (Å²) >= 11 is 0. The Hall–Kier alpha value is -4.46. The molecule has 3 aromatic rings. The highest BCUT2D eigenvalue weighted by Gasteiger charge is 2.26. The molecule has 0 unspecified atom stereocenters. The Morgan fingerprint density at radius 1 is 0.542 bits per heavy atom. The van der Waals surface area contributed by atoms with Gasteiger partial charge in [0.1, 0.15) is 5.75 Å². The van der Waals surface area contributed by atoms with E-state index < -0.39 is 36.1 Å². The molecule has 2 atom stereocenters. The topological polar surface area (TPSA) is 105 Å². The molecule has 258 valence electrons. The zero-order valence-corrected chi connectivity index (χ0v) is 28.8. The number of benzene rings is 3. The van der Waals surface area contributed by atoms with Crippen molar-refractivity contribution in [1.29, 1.82) is 0 Å². The van der Waals surface area contributed by atoms with Gasteiger partial charge in [-0.1, -0.05) is 102 Å². The fraction of sp³-hybridized carbons (Fsp3) is 0.450. The van der Waals surface area contributed by atoms with Crippen LogP contribution in [0.25, 0.3) is 11.1 Å². The van der Waals surface area contributed by atoms with Crippen LogP contribution in [0.15, 0.2) is 72.8 Å². The summed E-state index contributed by atoms with van der Waals surface area (Å²) in [7, 11) is 0. The summed E-state index contributed by atoms with van der Waals surface area (Å²) in [6.45, 7) is 7.35. The largest absolute Gasteiger partial charge is 0.463 e. The molecule has 0 saturated carbocycles. The predicted molar refractivity (Wildman–Crippen MR) is 186 cm³/mol. The van der Waals surface area contributed by atoms with Gasteiger partial charge < -0.3 is 18.9 Å². The van der Waals surface area contributed by atoms with Crippen molar-refractivity contribution in [2.45, 2.75) is 111 Å². The molecule has 0 aromatic heterocycles. The molecule has 48 heavy (non-hydrogen) atoms. The number of unbranched alkanes of at least 4 members (excludes halogenated alkanes) is 8. The first kappa shape index (κ1) is 38.0. The smallest absolute Gasteiger partial charge is 0.348 e. The van der Waals surface area contributed by atoms with E-state index in [1.807, 2.05) is 12.1 Å². The van der Waals surface area contributed by atoms with Crippen molar-refractivity contribution in [3.63, 3.8) is 0 Å². The fourth-order valence-electron chi connectivity index (χ4n) is 5.01. The summed E-state index contributed by atoms with van der Waals surface area (Å²) in [4.78, 5) is 49.8. The predicted octanol–water partition coefficient (Wildman–Crippen LogP) is 9.08. The fourth-order valence-corrected chi connectivity index (χ4v) is 5.01. The van der Waals surface area contributed by atoms with Gasteiger partial charge in [0.25, 0.3) is 0 Å². The van der Waals surface area contributed by atoms with Gasteiger partial charge in [0.05, 0.1) is 17.7 Å². The summed E-state index contributed by atoms with van der Waals surface area (Å²) in [5, 5.41) is 0. The summed E-state index contributed by atoms with van der Waals surface area (Å²) in [6, 6.07) is 21.6. The van der Waals surface area contributed by atoms with Crippen LogP contribution in [0.4, 0.5) is 0 Å². The summed E-state index contributed by atoms with van der Waals surface area (Å²) in [5.74, 6) is -2.57. The maximum atomic E-state index is 12.8. The number of hydrogen-bond acceptors (Lipinski definition) is 8. The molecule has 0 spiro atoms. The molecule has 0 aliphatic heterocycles. The second-order valence-electron chi connectivity index (χ2n) is 12.1. The first-order valence-corrected chi connectivity index (χ1v) is 17.3. The first-order valence-electron chi connectivity index (χ1n) is 17.3. The molecule has 0 bridgehead atoms. The van der Waals surface area contributed by atoms with E-state index in [0.29, 0.717) is 5.56 Å². The SMILES string of the molecule is CCCCCCCCc1ccc(-c2ccc(C(=O)Oc3ccc(C(=O)O[C@@H](C)C(=O)O[C@@H](C)C(=O)OCCCCCC)cc3)cc2)cc1. The van der Waals surface area contributed by atoms with Gasteiger partial charge in [-0.3, -0.25) is 0 Å². The van der Waals surface area contributed by atoms with Gasteiger partial charge in [-0.2, -0.15) is 0 Å². The maximum absolute atomic E-state index is 12.8. The van der Waals surface area contributed by atoms with Crippen molar-refractivity contribution in [2.24, 2.45) is 0 Å². The Bertz CT molecular complexity index is 1430. The number of carbonyl (C=O) groups excluding carboxylic acids is 4. The van der Waals surface area contributed by atoms with Crippen LogP contribution in [0.1, 0.15) is 118 Å². The third-order valence-electron chi connectivity index (χ3n) is 8.01. The van der Waals surface area contributed by atoms with Gasteiger partial charge in [0, 0.05) is 0 Å². The average Bonchev–Trinajstić information content (AvgIpc) is 3.10. The monoisotopic (exact) mass is 658 g/mol. The van der Waals surface area contributed by atoms with Gasteiger partial charge in [-0.25, -0.2) is 19.2 Å². The first-order chi connectivity index (χ1) is 23.2. The Kier molecular flexibility index (Phi) is 16.4. The summed E-state index contributed by atoms with van der Waals surface area (Å²) in [5.41, 5.74) is 3.96. The van der Waals surface area contributed by atoms with E-state index in [2.05, 4.69) is 38.1 Å². The molecule has 0 fully saturated rings. The maximum Gasteiger partial charge on any atom is 0.348 e. The lowest BCUT2D eigenvalue weighted by molar-refractivity contribution is -0.171. The number of rotatable bonds is 20. The van der Waals surface area contributed by atoms with E-state index in [-0.39, 0.29) is 17.9 Å². The second kappa shape index (κ2) is 20.7. The molecule has 0 N–H and O–H groups in total. The Morgan fingerprint density at radius 3 is 1.67 bits per heavy atom. The molecule has 0 radical (unpaired) electrons. The highest BCUT2D eigenvalue weighted by molar-refractivity contribution is 5.93. The van der Waals surface area contributed by atoms with Crippen LogP contribution in [-0.4, -0.2) is 42.7 Å². The quantitative estimate of drug-likeness (QED) is 0.0512. The van der Waals surface area contributed by atoms with E-state index in [9.17, 15) is 19.2 Å². The average molecular weight is 659 g/mol. The molecule has 0 saturated heterocycles. The van der Waals surface area contributed by atoms with Crippen LogP contribution in [0.5, 0.6) is 5.75 Å². The third kappa shape index (κ3) is 13.0. The van der Waals surface area contributed by atoms with Crippen molar-refractivity contribution in [1.82, 2.24) is 0 Å².